The largest absolute Gasteiger partial charge is 0.496 e. The zero-order chi connectivity index (χ0) is 32.2. The highest BCUT2D eigenvalue weighted by Gasteiger charge is 2.23. The molecule has 0 aliphatic carbocycles. The highest BCUT2D eigenvalue weighted by molar-refractivity contribution is 6.39. The van der Waals surface area contributed by atoms with E-state index in [4.69, 9.17) is 27.9 Å². The van der Waals surface area contributed by atoms with Gasteiger partial charge in [0.1, 0.15) is 5.75 Å². The van der Waals surface area contributed by atoms with Gasteiger partial charge < -0.3 is 25.8 Å². The number of hydrogen-bond acceptors (Lipinski definition) is 8. The van der Waals surface area contributed by atoms with E-state index in [1.165, 1.54) is 0 Å². The minimum absolute atomic E-state index is 0.0625. The SMILES string of the molecule is COc1cc(-c2nccc(-c3cccc(Nc4nccc(CN5CC[C@H](O)C5)c4F)c3Cl)c2Cl)ccc1CNC[C@@H]1CCC(=O)N1. The topological polar surface area (TPSA) is 112 Å². The Bertz CT molecular complexity index is 1740. The molecule has 4 N–H and O–H groups in total. The van der Waals surface area contributed by atoms with E-state index in [9.17, 15) is 9.90 Å². The number of rotatable bonds is 11. The standard InChI is InChI=1S/C34H35Cl2FN6O3/c1-46-28-15-20(5-6-21(28)16-38-17-23-7-8-29(45)41-23)33-31(36)26(10-13-39-33)25-3-2-4-27(30(25)35)42-34-32(37)22(9-12-40-34)18-43-14-11-24(44)19-43/h2-6,9-10,12-13,15,23-24,38,44H,7-8,11,14,16-19H2,1H3,(H,40,42)(H,41,45)/t23-,24-/m0/s1. The number of anilines is 2. The molecule has 6 rings (SSSR count). The number of hydrogen-bond donors (Lipinski definition) is 4. The Hall–Kier alpha value is -3.80. The molecule has 240 valence electrons. The van der Waals surface area contributed by atoms with Crippen molar-refractivity contribution in [3.63, 3.8) is 0 Å². The van der Waals surface area contributed by atoms with Crippen molar-refractivity contribution >= 4 is 40.6 Å². The molecule has 2 atom stereocenters. The van der Waals surface area contributed by atoms with Gasteiger partial charge in [-0.25, -0.2) is 9.37 Å². The second-order valence-corrected chi connectivity index (χ2v) is 12.3. The molecule has 4 aromatic rings. The van der Waals surface area contributed by atoms with Crippen molar-refractivity contribution in [3.8, 4) is 28.1 Å². The monoisotopic (exact) mass is 664 g/mol. The van der Waals surface area contributed by atoms with Gasteiger partial charge in [0.2, 0.25) is 5.91 Å². The molecule has 0 radical (unpaired) electrons. The van der Waals surface area contributed by atoms with Crippen LogP contribution in [0.4, 0.5) is 15.9 Å². The van der Waals surface area contributed by atoms with Gasteiger partial charge in [-0.3, -0.25) is 14.7 Å². The molecule has 2 aromatic heterocycles. The van der Waals surface area contributed by atoms with Gasteiger partial charge in [0.05, 0.1) is 34.6 Å². The number of nitrogens with one attached hydrogen (secondary N) is 3. The van der Waals surface area contributed by atoms with E-state index in [1.54, 1.807) is 37.7 Å². The predicted octanol–water partition coefficient (Wildman–Crippen LogP) is 5.94. The lowest BCUT2D eigenvalue weighted by Crippen LogP contribution is -2.35. The van der Waals surface area contributed by atoms with Crippen LogP contribution in [0.1, 0.15) is 30.4 Å². The van der Waals surface area contributed by atoms with E-state index >= 15 is 4.39 Å². The number of aliphatic hydroxyl groups is 1. The molecule has 2 saturated heterocycles. The second-order valence-electron chi connectivity index (χ2n) is 11.6. The normalized spacial score (nSPS) is 18.2. The zero-order valence-corrected chi connectivity index (χ0v) is 26.8. The first kappa shape index (κ1) is 32.2. The summed E-state index contributed by atoms with van der Waals surface area (Å²) in [6.45, 7) is 2.87. The first-order valence-electron chi connectivity index (χ1n) is 15.2. The quantitative estimate of drug-likeness (QED) is 0.156. The number of ether oxygens (including phenoxy) is 1. The smallest absolute Gasteiger partial charge is 0.220 e. The third-order valence-corrected chi connectivity index (χ3v) is 9.18. The molecule has 2 aliphatic rings. The maximum absolute atomic E-state index is 15.5. The van der Waals surface area contributed by atoms with Crippen LogP contribution in [0.5, 0.6) is 5.75 Å². The van der Waals surface area contributed by atoms with Gasteiger partial charge in [-0.1, -0.05) is 47.5 Å². The molecule has 46 heavy (non-hydrogen) atoms. The summed E-state index contributed by atoms with van der Waals surface area (Å²) in [5, 5.41) is 20.0. The Balaban J connectivity index is 1.21. The van der Waals surface area contributed by atoms with E-state index in [0.717, 1.165) is 17.5 Å². The average Bonchev–Trinajstić information content (AvgIpc) is 3.67. The van der Waals surface area contributed by atoms with Gasteiger partial charge >= 0.3 is 0 Å². The lowest BCUT2D eigenvalue weighted by molar-refractivity contribution is -0.119. The van der Waals surface area contributed by atoms with Crippen molar-refractivity contribution < 1.29 is 19.0 Å². The Morgan fingerprint density at radius 2 is 1.89 bits per heavy atom. The summed E-state index contributed by atoms with van der Waals surface area (Å²) in [6, 6.07) is 14.8. The number of aromatic nitrogens is 2. The van der Waals surface area contributed by atoms with Gasteiger partial charge in [-0.15, -0.1) is 0 Å². The fraction of sp³-hybridized carbons (Fsp3) is 0.324. The highest BCUT2D eigenvalue weighted by Crippen LogP contribution is 2.42. The fourth-order valence-corrected chi connectivity index (χ4v) is 6.55. The molecule has 12 heteroatoms. The van der Waals surface area contributed by atoms with Crippen LogP contribution in [0.3, 0.4) is 0 Å². The number of pyridine rings is 2. The molecular weight excluding hydrogens is 630 g/mol. The highest BCUT2D eigenvalue weighted by atomic mass is 35.5. The first-order chi connectivity index (χ1) is 22.3. The number of aliphatic hydroxyl groups excluding tert-OH is 1. The molecule has 0 bridgehead atoms. The maximum atomic E-state index is 15.5. The third-order valence-electron chi connectivity index (χ3n) is 8.39. The molecule has 4 heterocycles. The number of amides is 1. The number of carbonyl (C=O) groups is 1. The number of nitrogens with zero attached hydrogens (tertiary/aromatic N) is 3. The number of halogens is 3. The third kappa shape index (κ3) is 7.11. The minimum atomic E-state index is -0.465. The van der Waals surface area contributed by atoms with Crippen LogP contribution >= 0.6 is 23.2 Å². The van der Waals surface area contributed by atoms with Crippen molar-refractivity contribution in [3.05, 3.63) is 87.9 Å². The molecule has 9 nitrogen and oxygen atoms in total. The fourth-order valence-electron chi connectivity index (χ4n) is 5.96. The van der Waals surface area contributed by atoms with Crippen LogP contribution in [-0.2, 0) is 17.9 Å². The summed E-state index contributed by atoms with van der Waals surface area (Å²) in [5.41, 5.74) is 4.58. The van der Waals surface area contributed by atoms with Gasteiger partial charge in [0.15, 0.2) is 11.6 Å². The second kappa shape index (κ2) is 14.3. The van der Waals surface area contributed by atoms with Gasteiger partial charge in [0, 0.05) is 85.4 Å². The minimum Gasteiger partial charge on any atom is -0.496 e. The number of β-amino-alcohol motifs (C(OH)–C–C–N with tert-alkyl or cyclic N) is 1. The molecule has 0 unspecified atom stereocenters. The lowest BCUT2D eigenvalue weighted by atomic mass is 10.0. The lowest BCUT2D eigenvalue weighted by Gasteiger charge is -2.18. The van der Waals surface area contributed by atoms with Crippen LogP contribution in [0, 0.1) is 5.82 Å². The van der Waals surface area contributed by atoms with E-state index in [1.807, 2.05) is 35.2 Å². The van der Waals surface area contributed by atoms with Crippen LogP contribution in [-0.4, -0.2) is 64.8 Å². The zero-order valence-electron chi connectivity index (χ0n) is 25.3. The van der Waals surface area contributed by atoms with Crippen LogP contribution in [0.2, 0.25) is 10.0 Å². The summed E-state index contributed by atoms with van der Waals surface area (Å²) >= 11 is 13.9. The summed E-state index contributed by atoms with van der Waals surface area (Å²) in [4.78, 5) is 22.3. The van der Waals surface area contributed by atoms with Crippen molar-refractivity contribution in [2.24, 2.45) is 0 Å². The van der Waals surface area contributed by atoms with E-state index in [-0.39, 0.29) is 23.9 Å². The Kier molecular flexibility index (Phi) is 10.0. The number of methoxy groups -OCH3 is 1. The summed E-state index contributed by atoms with van der Waals surface area (Å²) in [7, 11) is 1.62. The number of likely N-dealkylation sites (tertiary alicyclic amines) is 1. The molecule has 2 aliphatic heterocycles. The maximum Gasteiger partial charge on any atom is 0.220 e. The number of carbonyl (C=O) groups excluding carboxylic acids is 1. The molecule has 2 aromatic carbocycles. The van der Waals surface area contributed by atoms with Crippen molar-refractivity contribution in [2.75, 3.05) is 32.1 Å². The Morgan fingerprint density at radius 1 is 1.07 bits per heavy atom. The average molecular weight is 666 g/mol. The molecule has 1 amide bonds. The van der Waals surface area contributed by atoms with E-state index < -0.39 is 5.82 Å². The van der Waals surface area contributed by atoms with Gasteiger partial charge in [0.25, 0.3) is 0 Å². The summed E-state index contributed by atoms with van der Waals surface area (Å²) in [5.74, 6) is 0.377. The van der Waals surface area contributed by atoms with Gasteiger partial charge in [-0.2, -0.15) is 0 Å². The first-order valence-corrected chi connectivity index (χ1v) is 16.0. The predicted molar refractivity (Wildman–Crippen MR) is 178 cm³/mol. The van der Waals surface area contributed by atoms with Crippen LogP contribution < -0.4 is 20.7 Å². The molecule has 2 fully saturated rings. The van der Waals surface area contributed by atoms with Crippen LogP contribution in [0.15, 0.2) is 60.9 Å². The van der Waals surface area contributed by atoms with E-state index in [0.29, 0.717) is 89.4 Å². The summed E-state index contributed by atoms with van der Waals surface area (Å²) in [6.07, 6.45) is 4.93. The molecule has 0 saturated carbocycles. The molecular formula is C34H35Cl2FN6O3. The van der Waals surface area contributed by atoms with Crippen molar-refractivity contribution in [1.29, 1.82) is 0 Å². The van der Waals surface area contributed by atoms with Crippen LogP contribution in [0.25, 0.3) is 22.4 Å². The Morgan fingerprint density at radius 3 is 2.65 bits per heavy atom. The van der Waals surface area contributed by atoms with Gasteiger partial charge in [-0.05, 0) is 37.1 Å². The Labute approximate surface area is 277 Å². The van der Waals surface area contributed by atoms with E-state index in [2.05, 4.69) is 25.9 Å². The van der Waals surface area contributed by atoms with Crippen molar-refractivity contribution in [2.45, 2.75) is 44.5 Å². The molecule has 0 spiro atoms. The number of benzene rings is 2. The van der Waals surface area contributed by atoms with Crippen molar-refractivity contribution in [1.82, 2.24) is 25.5 Å². The summed E-state index contributed by atoms with van der Waals surface area (Å²) < 4.78 is 21.2.